The maximum atomic E-state index is 14.1. The fraction of sp³-hybridized carbons (Fsp3) is 0.312. The second-order valence-corrected chi connectivity index (χ2v) is 5.37. The molecular formula is C16H19FN2S. The van der Waals surface area contributed by atoms with Gasteiger partial charge in [0.1, 0.15) is 5.82 Å². The average molecular weight is 290 g/mol. The van der Waals surface area contributed by atoms with Gasteiger partial charge >= 0.3 is 0 Å². The molecule has 1 heterocycles. The lowest BCUT2D eigenvalue weighted by molar-refractivity contribution is 0.539. The molecule has 0 spiro atoms. The summed E-state index contributed by atoms with van der Waals surface area (Å²) in [5, 5.41) is 3.44. The van der Waals surface area contributed by atoms with Crippen LogP contribution in [-0.4, -0.2) is 17.8 Å². The van der Waals surface area contributed by atoms with E-state index in [9.17, 15) is 4.39 Å². The van der Waals surface area contributed by atoms with Gasteiger partial charge in [-0.25, -0.2) is 4.39 Å². The Bertz CT molecular complexity index is 560. The Morgan fingerprint density at radius 1 is 1.25 bits per heavy atom. The second-order valence-electron chi connectivity index (χ2n) is 4.53. The van der Waals surface area contributed by atoms with Crippen LogP contribution in [0.4, 0.5) is 4.39 Å². The van der Waals surface area contributed by atoms with Gasteiger partial charge in [0.15, 0.2) is 0 Å². The summed E-state index contributed by atoms with van der Waals surface area (Å²) in [7, 11) is 0. The third-order valence-electron chi connectivity index (χ3n) is 3.16. The van der Waals surface area contributed by atoms with E-state index in [1.54, 1.807) is 24.0 Å². The Balaban J connectivity index is 2.44. The van der Waals surface area contributed by atoms with E-state index in [1.807, 2.05) is 18.4 Å². The predicted octanol–water partition coefficient (Wildman–Crippen LogP) is 4.03. The highest BCUT2D eigenvalue weighted by atomic mass is 32.2. The Labute approximate surface area is 123 Å². The monoisotopic (exact) mass is 290 g/mol. The minimum Gasteiger partial charge on any atom is -0.306 e. The number of aromatic nitrogens is 1. The Hall–Kier alpha value is -1.39. The fourth-order valence-corrected chi connectivity index (χ4v) is 2.84. The topological polar surface area (TPSA) is 24.9 Å². The number of benzene rings is 1. The van der Waals surface area contributed by atoms with Crippen LogP contribution < -0.4 is 5.32 Å². The van der Waals surface area contributed by atoms with Gasteiger partial charge in [0, 0.05) is 16.7 Å². The molecule has 2 aromatic rings. The molecule has 0 saturated carbocycles. The molecule has 0 aliphatic carbocycles. The van der Waals surface area contributed by atoms with E-state index in [4.69, 9.17) is 0 Å². The first-order valence-corrected chi connectivity index (χ1v) is 7.96. The van der Waals surface area contributed by atoms with Gasteiger partial charge in [0.25, 0.3) is 0 Å². The molecule has 0 aliphatic heterocycles. The van der Waals surface area contributed by atoms with Crippen molar-refractivity contribution >= 4 is 11.8 Å². The molecule has 2 rings (SSSR count). The summed E-state index contributed by atoms with van der Waals surface area (Å²) in [4.78, 5) is 5.00. The van der Waals surface area contributed by atoms with Crippen molar-refractivity contribution in [2.24, 2.45) is 0 Å². The Morgan fingerprint density at radius 2 is 2.05 bits per heavy atom. The molecule has 2 nitrogen and oxygen atoms in total. The zero-order valence-corrected chi connectivity index (χ0v) is 12.6. The van der Waals surface area contributed by atoms with Gasteiger partial charge in [0.05, 0.1) is 12.2 Å². The van der Waals surface area contributed by atoms with Crippen LogP contribution in [0.2, 0.25) is 0 Å². The molecule has 4 heteroatoms. The van der Waals surface area contributed by atoms with Gasteiger partial charge < -0.3 is 5.32 Å². The molecule has 1 aromatic heterocycles. The number of nitrogens with one attached hydrogen (secondary N) is 1. The van der Waals surface area contributed by atoms with Gasteiger partial charge in [-0.2, -0.15) is 0 Å². The van der Waals surface area contributed by atoms with Gasteiger partial charge in [-0.15, -0.1) is 11.8 Å². The highest BCUT2D eigenvalue weighted by molar-refractivity contribution is 7.98. The number of thioether (sulfide) groups is 1. The molecule has 106 valence electrons. The van der Waals surface area contributed by atoms with Crippen molar-refractivity contribution < 1.29 is 4.39 Å². The lowest BCUT2D eigenvalue weighted by Crippen LogP contribution is -2.24. The van der Waals surface area contributed by atoms with Crippen LogP contribution in [0.3, 0.4) is 0 Å². The largest absolute Gasteiger partial charge is 0.306 e. The van der Waals surface area contributed by atoms with Crippen molar-refractivity contribution in [3.05, 3.63) is 59.7 Å². The van der Waals surface area contributed by atoms with Crippen molar-refractivity contribution in [2.75, 3.05) is 12.8 Å². The summed E-state index contributed by atoms with van der Waals surface area (Å²) in [6.07, 6.45) is 5.96. The van der Waals surface area contributed by atoms with Gasteiger partial charge in [-0.05, 0) is 36.9 Å². The number of halogens is 1. The lowest BCUT2D eigenvalue weighted by atomic mass is 9.99. The molecular weight excluding hydrogens is 271 g/mol. The standard InChI is InChI=1S/C16H19FN2S/c1-3-9-19-16(12-8-10-18-11-14(12)17)13-6-4-5-7-15(13)20-2/h4-8,10-11,16,19H,3,9H2,1-2H3. The summed E-state index contributed by atoms with van der Waals surface area (Å²) in [6, 6.07) is 9.74. The third-order valence-corrected chi connectivity index (χ3v) is 3.97. The maximum Gasteiger partial charge on any atom is 0.146 e. The quantitative estimate of drug-likeness (QED) is 0.813. The molecule has 20 heavy (non-hydrogen) atoms. The molecule has 0 radical (unpaired) electrons. The van der Waals surface area contributed by atoms with Crippen molar-refractivity contribution in [1.82, 2.24) is 10.3 Å². The molecule has 0 saturated heterocycles. The molecule has 1 N–H and O–H groups in total. The van der Waals surface area contributed by atoms with Crippen molar-refractivity contribution in [3.8, 4) is 0 Å². The second kappa shape index (κ2) is 7.41. The van der Waals surface area contributed by atoms with E-state index in [2.05, 4.69) is 29.4 Å². The smallest absolute Gasteiger partial charge is 0.146 e. The fourth-order valence-electron chi connectivity index (χ4n) is 2.20. The molecule has 0 amide bonds. The lowest BCUT2D eigenvalue weighted by Gasteiger charge is -2.22. The number of hydrogen-bond acceptors (Lipinski definition) is 3. The van der Waals surface area contributed by atoms with Crippen molar-refractivity contribution in [3.63, 3.8) is 0 Å². The summed E-state index contributed by atoms with van der Waals surface area (Å²) in [5.41, 5.74) is 1.76. The molecule has 0 fully saturated rings. The average Bonchev–Trinajstić information content (AvgIpc) is 2.49. The van der Waals surface area contributed by atoms with Crippen LogP contribution in [0.25, 0.3) is 0 Å². The number of hydrogen-bond donors (Lipinski definition) is 1. The first kappa shape index (κ1) is 15.0. The SMILES string of the molecule is CCCNC(c1ccncc1F)c1ccccc1SC. The summed E-state index contributed by atoms with van der Waals surface area (Å²) in [5.74, 6) is -0.267. The van der Waals surface area contributed by atoms with Crippen LogP contribution in [0.1, 0.15) is 30.5 Å². The van der Waals surface area contributed by atoms with Crippen LogP contribution in [0.5, 0.6) is 0 Å². The zero-order chi connectivity index (χ0) is 14.4. The van der Waals surface area contributed by atoms with Crippen LogP contribution in [0.15, 0.2) is 47.6 Å². The molecule has 0 bridgehead atoms. The van der Waals surface area contributed by atoms with E-state index < -0.39 is 0 Å². The highest BCUT2D eigenvalue weighted by Crippen LogP contribution is 2.31. The highest BCUT2D eigenvalue weighted by Gasteiger charge is 2.19. The summed E-state index contributed by atoms with van der Waals surface area (Å²) in [6.45, 7) is 2.95. The van der Waals surface area contributed by atoms with Gasteiger partial charge in [-0.3, -0.25) is 4.98 Å². The first-order chi connectivity index (χ1) is 9.77. The van der Waals surface area contributed by atoms with Gasteiger partial charge in [-0.1, -0.05) is 25.1 Å². The zero-order valence-electron chi connectivity index (χ0n) is 11.8. The maximum absolute atomic E-state index is 14.1. The number of rotatable bonds is 6. The minimum absolute atomic E-state index is 0.137. The van der Waals surface area contributed by atoms with Crippen molar-refractivity contribution in [1.29, 1.82) is 0 Å². The summed E-state index contributed by atoms with van der Waals surface area (Å²) < 4.78 is 14.1. The van der Waals surface area contributed by atoms with Gasteiger partial charge in [0.2, 0.25) is 0 Å². The molecule has 1 unspecified atom stereocenters. The third kappa shape index (κ3) is 3.38. The van der Waals surface area contributed by atoms with Crippen LogP contribution in [0, 0.1) is 5.82 Å². The first-order valence-electron chi connectivity index (χ1n) is 6.73. The Kier molecular flexibility index (Phi) is 5.56. The molecule has 1 atom stereocenters. The normalized spacial score (nSPS) is 12.3. The molecule has 0 aliphatic rings. The Morgan fingerprint density at radius 3 is 2.75 bits per heavy atom. The van der Waals surface area contributed by atoms with E-state index in [-0.39, 0.29) is 11.9 Å². The van der Waals surface area contributed by atoms with Crippen molar-refractivity contribution in [2.45, 2.75) is 24.3 Å². The van der Waals surface area contributed by atoms with Crippen LogP contribution in [-0.2, 0) is 0 Å². The van der Waals surface area contributed by atoms with Crippen LogP contribution >= 0.6 is 11.8 Å². The summed E-state index contributed by atoms with van der Waals surface area (Å²) >= 11 is 1.68. The predicted molar refractivity (Wildman–Crippen MR) is 82.6 cm³/mol. The number of pyridine rings is 1. The van der Waals surface area contributed by atoms with E-state index >= 15 is 0 Å². The van der Waals surface area contributed by atoms with E-state index in [0.717, 1.165) is 23.4 Å². The van der Waals surface area contributed by atoms with E-state index in [0.29, 0.717) is 5.56 Å². The van der Waals surface area contributed by atoms with E-state index in [1.165, 1.54) is 6.20 Å². The molecule has 1 aromatic carbocycles. The number of nitrogens with zero attached hydrogens (tertiary/aromatic N) is 1. The minimum atomic E-state index is -0.267.